The molecule has 22 heavy (non-hydrogen) atoms. The number of anilines is 1. The minimum Gasteiger partial charge on any atom is -0.444 e. The van der Waals surface area contributed by atoms with Crippen molar-refractivity contribution in [1.82, 2.24) is 10.3 Å². The highest BCUT2D eigenvalue weighted by Gasteiger charge is 2.16. The second-order valence-corrected chi connectivity index (χ2v) is 7.58. The molecule has 0 spiro atoms. The summed E-state index contributed by atoms with van der Waals surface area (Å²) >= 11 is 1.68. The van der Waals surface area contributed by atoms with Gasteiger partial charge in [-0.05, 0) is 52.8 Å². The van der Waals surface area contributed by atoms with E-state index in [4.69, 9.17) is 4.74 Å². The van der Waals surface area contributed by atoms with Crippen LogP contribution in [0.2, 0.25) is 0 Å². The summed E-state index contributed by atoms with van der Waals surface area (Å²) in [5, 5.41) is 7.20. The highest BCUT2D eigenvalue weighted by Crippen LogP contribution is 2.24. The quantitative estimate of drug-likeness (QED) is 0.895. The SMILES string of the molecule is Cc1nc2ccc(NC(C)CNC(=O)OC(C)(C)C)cc2s1. The molecule has 0 aliphatic rings. The van der Waals surface area contributed by atoms with Gasteiger partial charge in [0.05, 0.1) is 15.2 Å². The van der Waals surface area contributed by atoms with Gasteiger partial charge in [-0.25, -0.2) is 9.78 Å². The van der Waals surface area contributed by atoms with E-state index < -0.39 is 11.7 Å². The van der Waals surface area contributed by atoms with Crippen molar-refractivity contribution in [3.63, 3.8) is 0 Å². The zero-order valence-corrected chi connectivity index (χ0v) is 14.5. The Morgan fingerprint density at radius 1 is 1.41 bits per heavy atom. The van der Waals surface area contributed by atoms with E-state index in [1.165, 1.54) is 0 Å². The largest absolute Gasteiger partial charge is 0.444 e. The van der Waals surface area contributed by atoms with Gasteiger partial charge in [-0.1, -0.05) is 0 Å². The molecule has 2 aromatic rings. The third kappa shape index (κ3) is 4.87. The smallest absolute Gasteiger partial charge is 0.407 e. The van der Waals surface area contributed by atoms with E-state index in [2.05, 4.69) is 21.7 Å². The van der Waals surface area contributed by atoms with E-state index in [-0.39, 0.29) is 6.04 Å². The minimum absolute atomic E-state index is 0.0963. The number of hydrogen-bond donors (Lipinski definition) is 2. The number of rotatable bonds is 4. The van der Waals surface area contributed by atoms with E-state index in [1.54, 1.807) is 11.3 Å². The highest BCUT2D eigenvalue weighted by molar-refractivity contribution is 7.18. The van der Waals surface area contributed by atoms with Crippen LogP contribution in [-0.4, -0.2) is 29.3 Å². The molecule has 0 saturated carbocycles. The molecule has 0 fully saturated rings. The summed E-state index contributed by atoms with van der Waals surface area (Å²) in [6, 6.07) is 6.20. The maximum absolute atomic E-state index is 11.6. The van der Waals surface area contributed by atoms with Gasteiger partial charge in [-0.2, -0.15) is 0 Å². The van der Waals surface area contributed by atoms with Crippen LogP contribution in [0, 0.1) is 6.92 Å². The van der Waals surface area contributed by atoms with Crippen molar-refractivity contribution in [2.24, 2.45) is 0 Å². The van der Waals surface area contributed by atoms with Crippen molar-refractivity contribution in [3.05, 3.63) is 23.2 Å². The number of carbonyl (C=O) groups is 1. The van der Waals surface area contributed by atoms with Crippen molar-refractivity contribution in [2.75, 3.05) is 11.9 Å². The first kappa shape index (κ1) is 16.5. The molecule has 5 nitrogen and oxygen atoms in total. The number of nitrogens with zero attached hydrogens (tertiary/aromatic N) is 1. The summed E-state index contributed by atoms with van der Waals surface area (Å²) in [5.41, 5.74) is 1.57. The first-order valence-corrected chi connectivity index (χ1v) is 8.15. The van der Waals surface area contributed by atoms with Gasteiger partial charge in [-0.15, -0.1) is 11.3 Å². The summed E-state index contributed by atoms with van der Waals surface area (Å²) in [6.07, 6.45) is -0.394. The van der Waals surface area contributed by atoms with Crippen molar-refractivity contribution in [2.45, 2.75) is 46.3 Å². The molecule has 1 aromatic heterocycles. The third-order valence-corrected chi connectivity index (χ3v) is 3.79. The topological polar surface area (TPSA) is 63.2 Å². The maximum atomic E-state index is 11.6. The van der Waals surface area contributed by atoms with Crippen LogP contribution in [0.5, 0.6) is 0 Å². The van der Waals surface area contributed by atoms with Crippen LogP contribution in [0.25, 0.3) is 10.2 Å². The molecular formula is C16H23N3O2S. The van der Waals surface area contributed by atoms with Crippen LogP contribution in [0.1, 0.15) is 32.7 Å². The monoisotopic (exact) mass is 321 g/mol. The average Bonchev–Trinajstić information content (AvgIpc) is 2.74. The normalized spacial score (nSPS) is 13.0. The van der Waals surface area contributed by atoms with E-state index >= 15 is 0 Å². The lowest BCUT2D eigenvalue weighted by molar-refractivity contribution is 0.0526. The van der Waals surface area contributed by atoms with Gasteiger partial charge >= 0.3 is 6.09 Å². The van der Waals surface area contributed by atoms with Crippen molar-refractivity contribution < 1.29 is 9.53 Å². The first-order chi connectivity index (χ1) is 10.2. The van der Waals surface area contributed by atoms with Gasteiger partial charge in [0.2, 0.25) is 0 Å². The summed E-state index contributed by atoms with van der Waals surface area (Å²) in [5.74, 6) is 0. The number of amides is 1. The lowest BCUT2D eigenvalue weighted by Crippen LogP contribution is -2.38. The predicted molar refractivity (Wildman–Crippen MR) is 91.7 cm³/mol. The van der Waals surface area contributed by atoms with Crippen LogP contribution < -0.4 is 10.6 Å². The molecule has 6 heteroatoms. The predicted octanol–water partition coefficient (Wildman–Crippen LogP) is 3.93. The lowest BCUT2D eigenvalue weighted by atomic mass is 10.2. The van der Waals surface area contributed by atoms with Gasteiger partial charge in [-0.3, -0.25) is 0 Å². The number of benzene rings is 1. The molecule has 1 unspecified atom stereocenters. The van der Waals surface area contributed by atoms with Gasteiger partial charge in [0.1, 0.15) is 5.60 Å². The zero-order chi connectivity index (χ0) is 16.3. The number of thiazole rings is 1. The molecule has 1 aromatic carbocycles. The molecule has 0 saturated heterocycles. The second kappa shape index (κ2) is 6.52. The van der Waals surface area contributed by atoms with E-state index in [0.29, 0.717) is 6.54 Å². The van der Waals surface area contributed by atoms with Gasteiger partial charge < -0.3 is 15.4 Å². The molecule has 1 atom stereocenters. The molecular weight excluding hydrogens is 298 g/mol. The zero-order valence-electron chi connectivity index (χ0n) is 13.7. The molecule has 2 rings (SSSR count). The van der Waals surface area contributed by atoms with Crippen LogP contribution in [-0.2, 0) is 4.74 Å². The Morgan fingerprint density at radius 2 is 2.14 bits per heavy atom. The minimum atomic E-state index is -0.476. The fourth-order valence-corrected chi connectivity index (χ4v) is 2.88. The van der Waals surface area contributed by atoms with Crippen LogP contribution in [0.3, 0.4) is 0 Å². The third-order valence-electron chi connectivity index (χ3n) is 2.86. The Balaban J connectivity index is 1.87. The summed E-state index contributed by atoms with van der Waals surface area (Å²) in [6.45, 7) is 10.1. The van der Waals surface area contributed by atoms with Crippen molar-refractivity contribution >= 4 is 33.3 Å². The Bertz CT molecular complexity index is 661. The maximum Gasteiger partial charge on any atom is 0.407 e. The van der Waals surface area contributed by atoms with Crippen molar-refractivity contribution in [1.29, 1.82) is 0 Å². The van der Waals surface area contributed by atoms with E-state index in [1.807, 2.05) is 46.8 Å². The van der Waals surface area contributed by atoms with Gasteiger partial charge in [0, 0.05) is 18.3 Å². The number of nitrogens with one attached hydrogen (secondary N) is 2. The fraction of sp³-hybridized carbons (Fsp3) is 0.500. The molecule has 120 valence electrons. The molecule has 1 amide bonds. The second-order valence-electron chi connectivity index (χ2n) is 6.34. The summed E-state index contributed by atoms with van der Waals surface area (Å²) in [4.78, 5) is 16.1. The van der Waals surface area contributed by atoms with Crippen LogP contribution in [0.4, 0.5) is 10.5 Å². The Morgan fingerprint density at radius 3 is 2.82 bits per heavy atom. The van der Waals surface area contributed by atoms with Crippen LogP contribution >= 0.6 is 11.3 Å². The standard InChI is InChI=1S/C16H23N3O2S/c1-10(9-17-15(20)21-16(3,4)5)18-12-6-7-13-14(8-12)22-11(2)19-13/h6-8,10,18H,9H2,1-5H3,(H,17,20). The lowest BCUT2D eigenvalue weighted by Gasteiger charge is -2.21. The number of carbonyl (C=O) groups excluding carboxylic acids is 1. The highest BCUT2D eigenvalue weighted by atomic mass is 32.1. The van der Waals surface area contributed by atoms with Gasteiger partial charge in [0.15, 0.2) is 0 Å². The number of ether oxygens (including phenoxy) is 1. The molecule has 1 heterocycles. The number of hydrogen-bond acceptors (Lipinski definition) is 5. The molecule has 0 aliphatic heterocycles. The van der Waals surface area contributed by atoms with E-state index in [9.17, 15) is 4.79 Å². The van der Waals surface area contributed by atoms with E-state index in [0.717, 1.165) is 20.9 Å². The molecule has 2 N–H and O–H groups in total. The fourth-order valence-electron chi connectivity index (χ4n) is 2.02. The molecule has 0 bridgehead atoms. The number of aryl methyl sites for hydroxylation is 1. The van der Waals surface area contributed by atoms with Crippen LogP contribution in [0.15, 0.2) is 18.2 Å². The Kier molecular flexibility index (Phi) is 4.90. The summed E-state index contributed by atoms with van der Waals surface area (Å²) in [7, 11) is 0. The molecule has 0 aliphatic carbocycles. The van der Waals surface area contributed by atoms with Gasteiger partial charge in [0.25, 0.3) is 0 Å². The Hall–Kier alpha value is -1.82. The average molecular weight is 321 g/mol. The van der Waals surface area contributed by atoms with Crippen molar-refractivity contribution in [3.8, 4) is 0 Å². The number of alkyl carbamates (subject to hydrolysis) is 1. The number of aromatic nitrogens is 1. The summed E-state index contributed by atoms with van der Waals surface area (Å²) < 4.78 is 6.38. The first-order valence-electron chi connectivity index (χ1n) is 7.33. The Labute approximate surface area is 135 Å². The molecule has 0 radical (unpaired) electrons. The number of fused-ring (bicyclic) bond motifs is 1.